The van der Waals surface area contributed by atoms with Crippen LogP contribution in [0.15, 0.2) is 10.3 Å². The molecule has 1 saturated heterocycles. The minimum absolute atomic E-state index is 0.357. The number of nitrogens with zero attached hydrogens (tertiary/aromatic N) is 1. The molecule has 1 fully saturated rings. The van der Waals surface area contributed by atoms with Gasteiger partial charge in [0.15, 0.2) is 0 Å². The number of hydrogen-bond acceptors (Lipinski definition) is 3. The second-order valence-corrected chi connectivity index (χ2v) is 8.66. The third-order valence-corrected chi connectivity index (χ3v) is 7.68. The first-order valence-corrected chi connectivity index (χ1v) is 9.03. The van der Waals surface area contributed by atoms with Crippen molar-refractivity contribution >= 4 is 48.9 Å². The van der Waals surface area contributed by atoms with Gasteiger partial charge in [0.1, 0.15) is 4.21 Å². The topological polar surface area (TPSA) is 37.4 Å². The summed E-state index contributed by atoms with van der Waals surface area (Å²) in [5, 5.41) is 0.850. The van der Waals surface area contributed by atoms with Crippen LogP contribution in [0.3, 0.4) is 0 Å². The highest BCUT2D eigenvalue weighted by molar-refractivity contribution is 9.09. The first kappa shape index (κ1) is 13.8. The van der Waals surface area contributed by atoms with E-state index >= 15 is 0 Å². The van der Waals surface area contributed by atoms with E-state index in [4.69, 9.17) is 11.6 Å². The maximum absolute atomic E-state index is 12.3. The van der Waals surface area contributed by atoms with E-state index in [1.165, 1.54) is 0 Å². The van der Waals surface area contributed by atoms with Gasteiger partial charge >= 0.3 is 0 Å². The Morgan fingerprint density at radius 2 is 2.35 bits per heavy atom. The molecule has 96 valence electrons. The fourth-order valence-corrected chi connectivity index (χ4v) is 5.75. The summed E-state index contributed by atoms with van der Waals surface area (Å²) in [6.45, 7) is 3.03. The van der Waals surface area contributed by atoms with Crippen molar-refractivity contribution < 1.29 is 8.42 Å². The van der Waals surface area contributed by atoms with Crippen LogP contribution in [0.4, 0.5) is 0 Å². The maximum atomic E-state index is 12.3. The highest BCUT2D eigenvalue weighted by Gasteiger charge is 2.33. The molecule has 1 aromatic heterocycles. The van der Waals surface area contributed by atoms with Crippen molar-refractivity contribution in [3.63, 3.8) is 0 Å². The Morgan fingerprint density at radius 1 is 1.65 bits per heavy atom. The Bertz CT molecular complexity index is 495. The number of aryl methyl sites for hydroxylation is 1. The van der Waals surface area contributed by atoms with E-state index in [-0.39, 0.29) is 0 Å². The Labute approximate surface area is 119 Å². The van der Waals surface area contributed by atoms with Crippen LogP contribution in [0.1, 0.15) is 12.0 Å². The Balaban J connectivity index is 2.25. The summed E-state index contributed by atoms with van der Waals surface area (Å²) < 4.78 is 27.1. The van der Waals surface area contributed by atoms with Gasteiger partial charge in [-0.05, 0) is 30.9 Å². The molecule has 1 atom stereocenters. The summed E-state index contributed by atoms with van der Waals surface area (Å²) in [6, 6.07) is 1.66. The van der Waals surface area contributed by atoms with Crippen LogP contribution in [0.25, 0.3) is 0 Å². The lowest BCUT2D eigenvalue weighted by atomic mass is 10.2. The number of hydrogen-bond donors (Lipinski definition) is 0. The molecule has 0 bridgehead atoms. The third kappa shape index (κ3) is 2.71. The zero-order valence-electron chi connectivity index (χ0n) is 9.32. The molecule has 7 heteroatoms. The summed E-state index contributed by atoms with van der Waals surface area (Å²) in [6.07, 6.45) is 0.919. The second kappa shape index (κ2) is 5.17. The van der Waals surface area contributed by atoms with Gasteiger partial charge in [0, 0.05) is 18.4 Å². The molecule has 0 spiro atoms. The molecule has 2 rings (SSSR count). The third-order valence-electron chi connectivity index (χ3n) is 2.90. The lowest BCUT2D eigenvalue weighted by molar-refractivity contribution is 0.467. The van der Waals surface area contributed by atoms with Crippen LogP contribution in [0, 0.1) is 12.8 Å². The number of alkyl halides is 1. The molecule has 0 aliphatic carbocycles. The molecule has 0 radical (unpaired) electrons. The fourth-order valence-electron chi connectivity index (χ4n) is 1.83. The fraction of sp³-hybridized carbons (Fsp3) is 0.600. The SMILES string of the molecule is Cc1cc(S(=O)(=O)N2CCC(CBr)C2)sc1Cl. The minimum atomic E-state index is -3.34. The average Bonchev–Trinajstić information content (AvgIpc) is 2.87. The van der Waals surface area contributed by atoms with Gasteiger partial charge in [-0.1, -0.05) is 27.5 Å². The highest BCUT2D eigenvalue weighted by Crippen LogP contribution is 2.34. The summed E-state index contributed by atoms with van der Waals surface area (Å²) in [5.41, 5.74) is 0.825. The summed E-state index contributed by atoms with van der Waals surface area (Å²) in [7, 11) is -3.34. The average molecular weight is 359 g/mol. The molecule has 0 amide bonds. The molecule has 2 heterocycles. The Hall–Kier alpha value is 0.380. The van der Waals surface area contributed by atoms with E-state index in [2.05, 4.69) is 15.9 Å². The molecule has 0 saturated carbocycles. The summed E-state index contributed by atoms with van der Waals surface area (Å²) >= 11 is 10.5. The Morgan fingerprint density at radius 3 is 2.82 bits per heavy atom. The zero-order chi connectivity index (χ0) is 12.6. The Kier molecular flexibility index (Phi) is 4.20. The predicted octanol–water partition coefficient (Wildman–Crippen LogP) is 3.12. The monoisotopic (exact) mass is 357 g/mol. The quantitative estimate of drug-likeness (QED) is 0.779. The minimum Gasteiger partial charge on any atom is -0.206 e. The van der Waals surface area contributed by atoms with Crippen LogP contribution >= 0.6 is 38.9 Å². The van der Waals surface area contributed by atoms with Crippen molar-refractivity contribution in [2.75, 3.05) is 18.4 Å². The van der Waals surface area contributed by atoms with E-state index in [9.17, 15) is 8.42 Å². The van der Waals surface area contributed by atoms with Crippen molar-refractivity contribution in [1.82, 2.24) is 4.31 Å². The number of halogens is 2. The molecule has 0 N–H and O–H groups in total. The zero-order valence-corrected chi connectivity index (χ0v) is 13.3. The van der Waals surface area contributed by atoms with Crippen molar-refractivity contribution in [1.29, 1.82) is 0 Å². The number of thiophene rings is 1. The summed E-state index contributed by atoms with van der Waals surface area (Å²) in [4.78, 5) is 0. The summed E-state index contributed by atoms with van der Waals surface area (Å²) in [5.74, 6) is 0.418. The molecule has 3 nitrogen and oxygen atoms in total. The lowest BCUT2D eigenvalue weighted by Crippen LogP contribution is -2.28. The van der Waals surface area contributed by atoms with Crippen LogP contribution in [0.2, 0.25) is 4.34 Å². The van der Waals surface area contributed by atoms with E-state index in [1.54, 1.807) is 10.4 Å². The molecule has 1 unspecified atom stereocenters. The lowest BCUT2D eigenvalue weighted by Gasteiger charge is -2.14. The van der Waals surface area contributed by atoms with E-state index < -0.39 is 10.0 Å². The smallest absolute Gasteiger partial charge is 0.206 e. The van der Waals surface area contributed by atoms with E-state index in [0.717, 1.165) is 28.7 Å². The van der Waals surface area contributed by atoms with Crippen LogP contribution in [-0.2, 0) is 10.0 Å². The second-order valence-electron chi connectivity index (χ2n) is 4.19. The van der Waals surface area contributed by atoms with Crippen molar-refractivity contribution in [3.05, 3.63) is 16.0 Å². The standard InChI is InChI=1S/C10H13BrClNO2S2/c1-7-4-9(16-10(7)12)17(14,15)13-3-2-8(5-11)6-13/h4,8H,2-3,5-6H2,1H3. The van der Waals surface area contributed by atoms with Crippen molar-refractivity contribution in [2.24, 2.45) is 5.92 Å². The molecule has 1 aliphatic heterocycles. The predicted molar refractivity (Wildman–Crippen MR) is 74.7 cm³/mol. The van der Waals surface area contributed by atoms with E-state index in [0.29, 0.717) is 27.6 Å². The molecule has 0 aromatic carbocycles. The molecule has 17 heavy (non-hydrogen) atoms. The van der Waals surface area contributed by atoms with Gasteiger partial charge < -0.3 is 0 Å². The number of rotatable bonds is 3. The van der Waals surface area contributed by atoms with Crippen molar-refractivity contribution in [2.45, 2.75) is 17.6 Å². The van der Waals surface area contributed by atoms with Gasteiger partial charge in [0.25, 0.3) is 10.0 Å². The maximum Gasteiger partial charge on any atom is 0.252 e. The normalized spacial score (nSPS) is 22.2. The van der Waals surface area contributed by atoms with Gasteiger partial charge in [-0.25, -0.2) is 8.42 Å². The highest BCUT2D eigenvalue weighted by atomic mass is 79.9. The van der Waals surface area contributed by atoms with Crippen LogP contribution in [-0.4, -0.2) is 31.1 Å². The van der Waals surface area contributed by atoms with Gasteiger partial charge in [-0.2, -0.15) is 4.31 Å². The van der Waals surface area contributed by atoms with E-state index in [1.807, 2.05) is 6.92 Å². The van der Waals surface area contributed by atoms with Gasteiger partial charge in [0.05, 0.1) is 4.34 Å². The van der Waals surface area contributed by atoms with Crippen molar-refractivity contribution in [3.8, 4) is 0 Å². The molecule has 1 aliphatic rings. The van der Waals surface area contributed by atoms with Crippen LogP contribution in [0.5, 0.6) is 0 Å². The largest absolute Gasteiger partial charge is 0.252 e. The molecular weight excluding hydrogens is 346 g/mol. The number of sulfonamides is 1. The van der Waals surface area contributed by atoms with Crippen LogP contribution < -0.4 is 0 Å². The van der Waals surface area contributed by atoms with Gasteiger partial charge in [-0.3, -0.25) is 0 Å². The van der Waals surface area contributed by atoms with Gasteiger partial charge in [-0.15, -0.1) is 11.3 Å². The first-order chi connectivity index (χ1) is 7.95. The molecular formula is C10H13BrClNO2S2. The molecule has 1 aromatic rings. The van der Waals surface area contributed by atoms with Gasteiger partial charge in [0.2, 0.25) is 0 Å². The first-order valence-electron chi connectivity index (χ1n) is 5.27.